The van der Waals surface area contributed by atoms with Crippen molar-refractivity contribution in [3.63, 3.8) is 0 Å². The van der Waals surface area contributed by atoms with Crippen molar-refractivity contribution in [3.05, 3.63) is 48.0 Å². The number of nitrogens with zero attached hydrogens (tertiary/aromatic N) is 1. The maximum atomic E-state index is 12.1. The Kier molecular flexibility index (Phi) is 4.29. The van der Waals surface area contributed by atoms with E-state index in [-0.39, 0.29) is 6.54 Å². The molecule has 0 saturated heterocycles. The summed E-state index contributed by atoms with van der Waals surface area (Å²) in [5, 5.41) is 9.51. The number of carboxylic acid groups (broad SMARTS) is 1. The summed E-state index contributed by atoms with van der Waals surface area (Å²) >= 11 is 0. The largest absolute Gasteiger partial charge is 0.480 e. The van der Waals surface area contributed by atoms with Crippen molar-refractivity contribution in [2.75, 3.05) is 7.05 Å². The Hall–Kier alpha value is -1.92. The van der Waals surface area contributed by atoms with Gasteiger partial charge in [0, 0.05) is 13.6 Å². The number of sulfonamides is 1. The summed E-state index contributed by atoms with van der Waals surface area (Å²) in [5.41, 5.74) is 0.817. The van der Waals surface area contributed by atoms with E-state index < -0.39 is 21.2 Å². The van der Waals surface area contributed by atoms with Crippen LogP contribution < -0.4 is 0 Å². The van der Waals surface area contributed by atoms with Crippen LogP contribution in [-0.4, -0.2) is 36.1 Å². The highest BCUT2D eigenvalue weighted by molar-refractivity contribution is 7.90. The predicted molar refractivity (Wildman–Crippen MR) is 81.4 cm³/mol. The van der Waals surface area contributed by atoms with Gasteiger partial charge in [-0.25, -0.2) is 8.42 Å². The maximum absolute atomic E-state index is 12.1. The van der Waals surface area contributed by atoms with Gasteiger partial charge in [-0.1, -0.05) is 36.4 Å². The second kappa shape index (κ2) is 5.83. The summed E-state index contributed by atoms with van der Waals surface area (Å²) in [4.78, 5) is 10.9. The molecule has 6 heteroatoms. The van der Waals surface area contributed by atoms with Gasteiger partial charge in [0.25, 0.3) is 0 Å². The number of carbonyl (C=O) groups is 1. The Bertz CT molecular complexity index is 770. The molecule has 5 nitrogen and oxygen atoms in total. The Labute approximate surface area is 123 Å². The molecule has 0 bridgehead atoms. The lowest BCUT2D eigenvalue weighted by atomic mass is 10.1. The average Bonchev–Trinajstić information content (AvgIpc) is 2.46. The third-order valence-corrected chi connectivity index (χ3v) is 5.54. The third kappa shape index (κ3) is 3.22. The zero-order valence-electron chi connectivity index (χ0n) is 11.9. The van der Waals surface area contributed by atoms with Crippen LogP contribution >= 0.6 is 0 Å². The van der Waals surface area contributed by atoms with Crippen molar-refractivity contribution < 1.29 is 18.3 Å². The normalized spacial score (nSPS) is 13.5. The summed E-state index contributed by atoms with van der Waals surface area (Å²) in [6.07, 6.45) is 0. The fourth-order valence-corrected chi connectivity index (χ4v) is 3.21. The standard InChI is InChI=1S/C15H17NO4S/c1-11(15(17)18)21(19,20)16(2)10-12-7-8-13-5-3-4-6-14(13)9-12/h3-9,11H,10H2,1-2H3,(H,17,18). The molecule has 0 aliphatic carbocycles. The number of aliphatic carboxylic acids is 1. The minimum absolute atomic E-state index is 0.144. The summed E-state index contributed by atoms with van der Waals surface area (Å²) in [6, 6.07) is 13.5. The molecule has 0 aliphatic heterocycles. The minimum Gasteiger partial charge on any atom is -0.480 e. The van der Waals surface area contributed by atoms with E-state index in [1.54, 1.807) is 0 Å². The van der Waals surface area contributed by atoms with Gasteiger partial charge in [-0.05, 0) is 29.3 Å². The van der Waals surface area contributed by atoms with Crippen molar-refractivity contribution in [3.8, 4) is 0 Å². The third-order valence-electron chi connectivity index (χ3n) is 3.45. The molecule has 112 valence electrons. The van der Waals surface area contributed by atoms with Gasteiger partial charge >= 0.3 is 5.97 Å². The molecule has 2 aromatic rings. The van der Waals surface area contributed by atoms with Crippen molar-refractivity contribution in [2.45, 2.75) is 18.7 Å². The number of rotatable bonds is 5. The molecule has 1 unspecified atom stereocenters. The van der Waals surface area contributed by atoms with Crippen LogP contribution in [-0.2, 0) is 21.4 Å². The second-order valence-corrected chi connectivity index (χ2v) is 7.32. The van der Waals surface area contributed by atoms with Crippen LogP contribution in [0.3, 0.4) is 0 Å². The highest BCUT2D eigenvalue weighted by atomic mass is 32.2. The molecule has 1 atom stereocenters. The molecule has 0 spiro atoms. The molecular formula is C15H17NO4S. The molecule has 0 saturated carbocycles. The van der Waals surface area contributed by atoms with Gasteiger partial charge in [-0.15, -0.1) is 0 Å². The van der Waals surface area contributed by atoms with Gasteiger partial charge in [0.15, 0.2) is 5.25 Å². The summed E-state index contributed by atoms with van der Waals surface area (Å²) in [5.74, 6) is -1.35. The number of carboxylic acids is 1. The first-order valence-electron chi connectivity index (χ1n) is 6.48. The topological polar surface area (TPSA) is 74.7 Å². The van der Waals surface area contributed by atoms with Crippen molar-refractivity contribution >= 4 is 26.8 Å². The van der Waals surface area contributed by atoms with E-state index in [2.05, 4.69) is 0 Å². The zero-order chi connectivity index (χ0) is 15.6. The number of hydrogen-bond acceptors (Lipinski definition) is 3. The average molecular weight is 307 g/mol. The van der Waals surface area contributed by atoms with Crippen molar-refractivity contribution in [2.24, 2.45) is 0 Å². The van der Waals surface area contributed by atoms with Gasteiger partial charge in [0.05, 0.1) is 0 Å². The Balaban J connectivity index is 2.25. The smallest absolute Gasteiger partial charge is 0.323 e. The van der Waals surface area contributed by atoms with Crippen molar-refractivity contribution in [1.82, 2.24) is 4.31 Å². The molecule has 2 aromatic carbocycles. The Morgan fingerprint density at radius 2 is 1.81 bits per heavy atom. The fourth-order valence-electron chi connectivity index (χ4n) is 2.08. The number of hydrogen-bond donors (Lipinski definition) is 1. The van der Waals surface area contributed by atoms with Crippen LogP contribution in [0.25, 0.3) is 10.8 Å². The van der Waals surface area contributed by atoms with E-state index >= 15 is 0 Å². The van der Waals surface area contributed by atoms with Crippen LogP contribution in [0.2, 0.25) is 0 Å². The first-order chi connectivity index (χ1) is 9.82. The molecule has 0 fully saturated rings. The monoisotopic (exact) mass is 307 g/mol. The molecule has 2 rings (SSSR count). The highest BCUT2D eigenvalue weighted by Gasteiger charge is 2.31. The lowest BCUT2D eigenvalue weighted by Crippen LogP contribution is -2.38. The first-order valence-corrected chi connectivity index (χ1v) is 7.98. The van der Waals surface area contributed by atoms with Crippen LogP contribution in [0.1, 0.15) is 12.5 Å². The molecule has 0 aliphatic rings. The predicted octanol–water partition coefficient (Wildman–Crippen LogP) is 2.07. The summed E-state index contributed by atoms with van der Waals surface area (Å²) in [7, 11) is -2.46. The lowest BCUT2D eigenvalue weighted by molar-refractivity contribution is -0.136. The SMILES string of the molecule is CC(C(=O)O)S(=O)(=O)N(C)Cc1ccc2ccccc2c1. The quantitative estimate of drug-likeness (QED) is 0.917. The molecular weight excluding hydrogens is 290 g/mol. The highest BCUT2D eigenvalue weighted by Crippen LogP contribution is 2.18. The van der Waals surface area contributed by atoms with E-state index in [1.807, 2.05) is 42.5 Å². The van der Waals surface area contributed by atoms with Crippen LogP contribution in [0.4, 0.5) is 0 Å². The minimum atomic E-state index is -3.86. The molecule has 0 radical (unpaired) electrons. The lowest BCUT2D eigenvalue weighted by Gasteiger charge is -2.20. The summed E-state index contributed by atoms with van der Waals surface area (Å²) < 4.78 is 25.2. The molecule has 0 aromatic heterocycles. The second-order valence-electron chi connectivity index (χ2n) is 4.96. The van der Waals surface area contributed by atoms with Gasteiger partial charge in [0.1, 0.15) is 0 Å². The van der Waals surface area contributed by atoms with Crippen molar-refractivity contribution in [1.29, 1.82) is 0 Å². The first kappa shape index (κ1) is 15.5. The number of benzene rings is 2. The van der Waals surface area contributed by atoms with Gasteiger partial charge < -0.3 is 5.11 Å². The molecule has 1 N–H and O–H groups in total. The van der Waals surface area contributed by atoms with E-state index in [0.717, 1.165) is 20.6 Å². The van der Waals surface area contributed by atoms with Gasteiger partial charge in [0.2, 0.25) is 10.0 Å². The van der Waals surface area contributed by atoms with Crippen LogP contribution in [0.5, 0.6) is 0 Å². The Morgan fingerprint density at radius 3 is 2.43 bits per heavy atom. The fraction of sp³-hybridized carbons (Fsp3) is 0.267. The van der Waals surface area contributed by atoms with E-state index in [1.165, 1.54) is 14.0 Å². The number of fused-ring (bicyclic) bond motifs is 1. The van der Waals surface area contributed by atoms with Gasteiger partial charge in [-0.2, -0.15) is 4.31 Å². The molecule has 0 heterocycles. The zero-order valence-corrected chi connectivity index (χ0v) is 12.7. The summed E-state index contributed by atoms with van der Waals surface area (Å²) in [6.45, 7) is 1.32. The Morgan fingerprint density at radius 1 is 1.19 bits per heavy atom. The van der Waals surface area contributed by atoms with Crippen LogP contribution in [0.15, 0.2) is 42.5 Å². The van der Waals surface area contributed by atoms with Crippen LogP contribution in [0, 0.1) is 0 Å². The van der Waals surface area contributed by atoms with E-state index in [9.17, 15) is 13.2 Å². The van der Waals surface area contributed by atoms with E-state index in [0.29, 0.717) is 0 Å². The van der Waals surface area contributed by atoms with Gasteiger partial charge in [-0.3, -0.25) is 4.79 Å². The van der Waals surface area contributed by atoms with E-state index in [4.69, 9.17) is 5.11 Å². The molecule has 21 heavy (non-hydrogen) atoms. The maximum Gasteiger partial charge on any atom is 0.323 e. The molecule has 0 amide bonds.